The lowest BCUT2D eigenvalue weighted by Crippen LogP contribution is -2.46. The second-order valence-electron chi connectivity index (χ2n) is 5.32. The van der Waals surface area contributed by atoms with E-state index < -0.39 is 17.4 Å². The number of nitrogens with zero attached hydrogens (tertiary/aromatic N) is 1. The highest BCUT2D eigenvalue weighted by atomic mass is 16.4. The molecular formula is C12H21N3O4. The third kappa shape index (κ3) is 4.42. The standard InChI is InChI=1S/C12H21N3O4/c1-8(2)14-9(16)6-15(3)11(19)13-7-12(4-5-12)10(17)18/h8H,4-7H2,1-3H3,(H,13,19)(H,14,16)(H,17,18). The van der Waals surface area contributed by atoms with Crippen molar-refractivity contribution in [1.82, 2.24) is 15.5 Å². The highest BCUT2D eigenvalue weighted by molar-refractivity contribution is 5.84. The van der Waals surface area contributed by atoms with E-state index in [4.69, 9.17) is 5.11 Å². The first-order chi connectivity index (χ1) is 8.77. The summed E-state index contributed by atoms with van der Waals surface area (Å²) >= 11 is 0. The maximum absolute atomic E-state index is 11.7. The smallest absolute Gasteiger partial charge is 0.317 e. The first kappa shape index (κ1) is 15.3. The monoisotopic (exact) mass is 271 g/mol. The van der Waals surface area contributed by atoms with Gasteiger partial charge in [-0.3, -0.25) is 9.59 Å². The first-order valence-corrected chi connectivity index (χ1v) is 6.28. The first-order valence-electron chi connectivity index (χ1n) is 6.28. The van der Waals surface area contributed by atoms with Crippen LogP contribution in [0.1, 0.15) is 26.7 Å². The molecule has 7 heteroatoms. The highest BCUT2D eigenvalue weighted by Crippen LogP contribution is 2.45. The van der Waals surface area contributed by atoms with Gasteiger partial charge in [-0.15, -0.1) is 0 Å². The topological polar surface area (TPSA) is 98.7 Å². The fourth-order valence-corrected chi connectivity index (χ4v) is 1.65. The zero-order valence-electron chi connectivity index (χ0n) is 11.5. The number of amides is 3. The molecule has 0 saturated heterocycles. The number of carbonyl (C=O) groups excluding carboxylic acids is 2. The Kier molecular flexibility index (Phi) is 4.74. The summed E-state index contributed by atoms with van der Waals surface area (Å²) in [5.41, 5.74) is -0.795. The summed E-state index contributed by atoms with van der Waals surface area (Å²) in [5.74, 6) is -1.12. The van der Waals surface area contributed by atoms with Crippen LogP contribution < -0.4 is 10.6 Å². The van der Waals surface area contributed by atoms with Gasteiger partial charge in [0.05, 0.1) is 5.41 Å². The van der Waals surface area contributed by atoms with Gasteiger partial charge in [0.2, 0.25) is 5.91 Å². The minimum Gasteiger partial charge on any atom is -0.481 e. The zero-order chi connectivity index (χ0) is 14.6. The van der Waals surface area contributed by atoms with Gasteiger partial charge < -0.3 is 20.6 Å². The van der Waals surface area contributed by atoms with Crippen LogP contribution in [0.15, 0.2) is 0 Å². The average molecular weight is 271 g/mol. The number of nitrogens with one attached hydrogen (secondary N) is 2. The van der Waals surface area contributed by atoms with Crippen molar-refractivity contribution >= 4 is 17.9 Å². The molecule has 7 nitrogen and oxygen atoms in total. The van der Waals surface area contributed by atoms with Gasteiger partial charge in [-0.05, 0) is 26.7 Å². The summed E-state index contributed by atoms with van der Waals surface area (Å²) in [6.45, 7) is 3.73. The van der Waals surface area contributed by atoms with Gasteiger partial charge in [0.15, 0.2) is 0 Å². The molecule has 0 unspecified atom stereocenters. The molecule has 0 radical (unpaired) electrons. The number of aliphatic carboxylic acids is 1. The molecule has 0 bridgehead atoms. The van der Waals surface area contributed by atoms with E-state index in [0.29, 0.717) is 12.8 Å². The molecule has 108 valence electrons. The molecule has 1 aliphatic rings. The van der Waals surface area contributed by atoms with Crippen LogP contribution in [0.3, 0.4) is 0 Å². The number of carboxylic acid groups (broad SMARTS) is 1. The second kappa shape index (κ2) is 5.90. The van der Waals surface area contributed by atoms with E-state index in [9.17, 15) is 14.4 Å². The van der Waals surface area contributed by atoms with E-state index in [1.165, 1.54) is 11.9 Å². The van der Waals surface area contributed by atoms with E-state index in [0.717, 1.165) is 0 Å². The van der Waals surface area contributed by atoms with Gasteiger partial charge in [0.1, 0.15) is 6.54 Å². The van der Waals surface area contributed by atoms with E-state index in [1.807, 2.05) is 13.8 Å². The summed E-state index contributed by atoms with van der Waals surface area (Å²) in [5, 5.41) is 14.2. The van der Waals surface area contributed by atoms with Crippen molar-refractivity contribution in [2.75, 3.05) is 20.1 Å². The Balaban J connectivity index is 2.33. The van der Waals surface area contributed by atoms with Crippen LogP contribution in [0.5, 0.6) is 0 Å². The Hall–Kier alpha value is -1.79. The molecule has 1 aliphatic carbocycles. The predicted octanol–water partition coefficient (Wildman–Crippen LogP) is 0.0172. The Bertz CT molecular complexity index is 377. The van der Waals surface area contributed by atoms with Crippen LogP contribution in [0, 0.1) is 5.41 Å². The number of rotatable bonds is 6. The number of likely N-dealkylation sites (N-methyl/N-ethyl adjacent to an activating group) is 1. The van der Waals surface area contributed by atoms with Crippen LogP contribution in [0.2, 0.25) is 0 Å². The van der Waals surface area contributed by atoms with Crippen LogP contribution >= 0.6 is 0 Å². The molecule has 3 N–H and O–H groups in total. The van der Waals surface area contributed by atoms with Crippen molar-refractivity contribution in [3.05, 3.63) is 0 Å². The Morgan fingerprint density at radius 2 is 1.89 bits per heavy atom. The van der Waals surface area contributed by atoms with Gasteiger partial charge in [-0.2, -0.15) is 0 Å². The van der Waals surface area contributed by atoms with E-state index >= 15 is 0 Å². The second-order valence-corrected chi connectivity index (χ2v) is 5.32. The maximum Gasteiger partial charge on any atom is 0.317 e. The third-order valence-corrected chi connectivity index (χ3v) is 3.06. The summed E-state index contributed by atoms with van der Waals surface area (Å²) < 4.78 is 0. The molecule has 0 atom stereocenters. The van der Waals surface area contributed by atoms with E-state index in [1.54, 1.807) is 0 Å². The van der Waals surface area contributed by atoms with Crippen LogP contribution in [0.4, 0.5) is 4.79 Å². The third-order valence-electron chi connectivity index (χ3n) is 3.06. The minimum atomic E-state index is -0.881. The summed E-state index contributed by atoms with van der Waals surface area (Å²) in [4.78, 5) is 35.3. The van der Waals surface area contributed by atoms with Crippen molar-refractivity contribution in [3.8, 4) is 0 Å². The fraction of sp³-hybridized carbons (Fsp3) is 0.750. The number of hydrogen-bond acceptors (Lipinski definition) is 3. The van der Waals surface area contributed by atoms with E-state index in [-0.39, 0.29) is 25.0 Å². The van der Waals surface area contributed by atoms with Crippen LogP contribution in [-0.2, 0) is 9.59 Å². The molecule has 0 aromatic rings. The normalized spacial score (nSPS) is 15.8. The van der Waals surface area contributed by atoms with Gasteiger partial charge in [0.25, 0.3) is 0 Å². The lowest BCUT2D eigenvalue weighted by molar-refractivity contribution is -0.143. The Morgan fingerprint density at radius 1 is 1.32 bits per heavy atom. The van der Waals surface area contributed by atoms with Crippen molar-refractivity contribution in [2.24, 2.45) is 5.41 Å². The van der Waals surface area contributed by atoms with Gasteiger partial charge in [-0.25, -0.2) is 4.79 Å². The van der Waals surface area contributed by atoms with Gasteiger partial charge >= 0.3 is 12.0 Å². The molecule has 0 aliphatic heterocycles. The van der Waals surface area contributed by atoms with Crippen molar-refractivity contribution in [1.29, 1.82) is 0 Å². The number of hydrogen-bond donors (Lipinski definition) is 3. The average Bonchev–Trinajstić information content (AvgIpc) is 3.05. The predicted molar refractivity (Wildman–Crippen MR) is 68.6 cm³/mol. The fourth-order valence-electron chi connectivity index (χ4n) is 1.65. The summed E-state index contributed by atoms with van der Waals surface area (Å²) in [6, 6.07) is -0.419. The van der Waals surface area contributed by atoms with Crippen LogP contribution in [0.25, 0.3) is 0 Å². The molecule has 0 heterocycles. The molecule has 1 rings (SSSR count). The summed E-state index contributed by atoms with van der Waals surface area (Å²) in [6.07, 6.45) is 1.17. The number of urea groups is 1. The molecule has 1 fully saturated rings. The SMILES string of the molecule is CC(C)NC(=O)CN(C)C(=O)NCC1(C(=O)O)CC1. The van der Waals surface area contributed by atoms with Gasteiger partial charge in [0, 0.05) is 19.6 Å². The minimum absolute atomic E-state index is 0.0192. The molecule has 3 amide bonds. The lowest BCUT2D eigenvalue weighted by Gasteiger charge is -2.19. The van der Waals surface area contributed by atoms with Crippen molar-refractivity contribution in [2.45, 2.75) is 32.7 Å². The molecule has 1 saturated carbocycles. The molecule has 0 aromatic carbocycles. The zero-order valence-corrected chi connectivity index (χ0v) is 11.5. The van der Waals surface area contributed by atoms with E-state index in [2.05, 4.69) is 10.6 Å². The molecule has 0 aromatic heterocycles. The van der Waals surface area contributed by atoms with Crippen molar-refractivity contribution in [3.63, 3.8) is 0 Å². The van der Waals surface area contributed by atoms with Gasteiger partial charge in [-0.1, -0.05) is 0 Å². The maximum atomic E-state index is 11.7. The summed E-state index contributed by atoms with van der Waals surface area (Å²) in [7, 11) is 1.50. The lowest BCUT2D eigenvalue weighted by atomic mass is 10.1. The largest absolute Gasteiger partial charge is 0.481 e. The van der Waals surface area contributed by atoms with Crippen molar-refractivity contribution < 1.29 is 19.5 Å². The molecular weight excluding hydrogens is 250 g/mol. The Labute approximate surface area is 112 Å². The van der Waals surface area contributed by atoms with Crippen LogP contribution in [-0.4, -0.2) is 54.1 Å². The molecule has 0 spiro atoms. The molecule has 19 heavy (non-hydrogen) atoms. The quantitative estimate of drug-likeness (QED) is 0.634. The number of carboxylic acids is 1. The Morgan fingerprint density at radius 3 is 2.32 bits per heavy atom. The highest BCUT2D eigenvalue weighted by Gasteiger charge is 2.50. The number of carbonyl (C=O) groups is 3.